The number of nitrogens with zero attached hydrogens (tertiary/aromatic N) is 6. The van der Waals surface area contributed by atoms with Crippen molar-refractivity contribution in [1.29, 1.82) is 0 Å². The molecule has 4 rings (SSSR count). The smallest absolute Gasteiger partial charge is 0.291 e. The fourth-order valence-corrected chi connectivity index (χ4v) is 2.58. The van der Waals surface area contributed by atoms with E-state index in [0.29, 0.717) is 12.3 Å². The number of carbonyl (C=O) groups excluding carboxylic acids is 1. The Morgan fingerprint density at radius 2 is 2.00 bits per heavy atom. The second-order valence-corrected chi connectivity index (χ2v) is 5.50. The van der Waals surface area contributed by atoms with Crippen LogP contribution in [0.2, 0.25) is 0 Å². The number of imidazole rings is 1. The number of aromatic nitrogens is 6. The summed E-state index contributed by atoms with van der Waals surface area (Å²) >= 11 is 0. The quantitative estimate of drug-likeness (QED) is 0.598. The van der Waals surface area contributed by atoms with E-state index in [9.17, 15) is 4.79 Å². The molecule has 124 valence electrons. The first-order valence-electron chi connectivity index (χ1n) is 7.78. The molecule has 0 spiro atoms. The van der Waals surface area contributed by atoms with E-state index in [0.717, 1.165) is 5.56 Å². The zero-order valence-electron chi connectivity index (χ0n) is 13.2. The van der Waals surface area contributed by atoms with Crippen LogP contribution in [0.15, 0.2) is 67.5 Å². The highest BCUT2D eigenvalue weighted by molar-refractivity contribution is 5.91. The first-order valence-corrected chi connectivity index (χ1v) is 7.78. The normalized spacial score (nSPS) is 12.2. The minimum atomic E-state index is -0.348. The summed E-state index contributed by atoms with van der Waals surface area (Å²) in [6.45, 7) is 0.557. The van der Waals surface area contributed by atoms with Crippen molar-refractivity contribution in [3.63, 3.8) is 0 Å². The first kappa shape index (κ1) is 15.0. The highest BCUT2D eigenvalue weighted by atomic mass is 16.2. The maximum atomic E-state index is 12.6. The molecule has 3 heterocycles. The molecule has 0 bridgehead atoms. The van der Waals surface area contributed by atoms with Crippen molar-refractivity contribution in [2.45, 2.75) is 12.6 Å². The number of hydrogen-bond donors (Lipinski definition) is 1. The van der Waals surface area contributed by atoms with Crippen molar-refractivity contribution < 1.29 is 4.79 Å². The van der Waals surface area contributed by atoms with Gasteiger partial charge < -0.3 is 9.88 Å². The van der Waals surface area contributed by atoms with E-state index >= 15 is 0 Å². The van der Waals surface area contributed by atoms with Gasteiger partial charge in [0.1, 0.15) is 0 Å². The lowest BCUT2D eigenvalue weighted by atomic mass is 10.1. The molecule has 1 N–H and O–H groups in total. The Hall–Kier alpha value is -3.55. The first-order chi connectivity index (χ1) is 12.3. The number of benzene rings is 1. The van der Waals surface area contributed by atoms with Gasteiger partial charge >= 0.3 is 0 Å². The molecule has 1 amide bonds. The molecule has 25 heavy (non-hydrogen) atoms. The second kappa shape index (κ2) is 6.52. The summed E-state index contributed by atoms with van der Waals surface area (Å²) in [4.78, 5) is 24.9. The van der Waals surface area contributed by atoms with Crippen LogP contribution in [0.4, 0.5) is 0 Å². The average molecular weight is 333 g/mol. The third-order valence-corrected chi connectivity index (χ3v) is 3.78. The SMILES string of the molecule is O=C(N[C@@H](Cn1ccnc1)c1ccccc1)c1nc2ncccn2n1. The zero-order chi connectivity index (χ0) is 17.1. The minimum absolute atomic E-state index is 0.0882. The molecule has 1 aromatic carbocycles. The molecule has 0 aliphatic carbocycles. The van der Waals surface area contributed by atoms with Crippen LogP contribution in [0, 0.1) is 0 Å². The van der Waals surface area contributed by atoms with E-state index in [1.54, 1.807) is 31.0 Å². The molecule has 8 nitrogen and oxygen atoms in total. The summed E-state index contributed by atoms with van der Waals surface area (Å²) in [6.07, 6.45) is 8.59. The Morgan fingerprint density at radius 3 is 2.76 bits per heavy atom. The summed E-state index contributed by atoms with van der Waals surface area (Å²) in [6, 6.07) is 11.3. The van der Waals surface area contributed by atoms with Crippen molar-refractivity contribution in [2.75, 3.05) is 0 Å². The van der Waals surface area contributed by atoms with Crippen LogP contribution < -0.4 is 5.32 Å². The van der Waals surface area contributed by atoms with E-state index in [1.165, 1.54) is 4.52 Å². The van der Waals surface area contributed by atoms with Gasteiger partial charge in [-0.2, -0.15) is 4.98 Å². The predicted octanol–water partition coefficient (Wildman–Crippen LogP) is 1.49. The fraction of sp³-hybridized carbons (Fsp3) is 0.118. The van der Waals surface area contributed by atoms with Gasteiger partial charge in [0.2, 0.25) is 5.82 Å². The zero-order valence-corrected chi connectivity index (χ0v) is 13.2. The predicted molar refractivity (Wildman–Crippen MR) is 89.7 cm³/mol. The molecule has 0 aliphatic rings. The Kier molecular flexibility index (Phi) is 3.91. The number of carbonyl (C=O) groups is 1. The van der Waals surface area contributed by atoms with Crippen LogP contribution in [0.5, 0.6) is 0 Å². The molecule has 1 atom stereocenters. The largest absolute Gasteiger partial charge is 0.341 e. The Bertz CT molecular complexity index is 946. The summed E-state index contributed by atoms with van der Waals surface area (Å²) < 4.78 is 3.39. The van der Waals surface area contributed by atoms with Crippen molar-refractivity contribution in [1.82, 2.24) is 34.4 Å². The summed E-state index contributed by atoms with van der Waals surface area (Å²) in [5.74, 6) is 0.128. The fourth-order valence-electron chi connectivity index (χ4n) is 2.58. The van der Waals surface area contributed by atoms with E-state index < -0.39 is 0 Å². The molecule has 3 aromatic heterocycles. The van der Waals surface area contributed by atoms with Crippen molar-refractivity contribution in [3.05, 3.63) is 78.9 Å². The third-order valence-electron chi connectivity index (χ3n) is 3.78. The maximum Gasteiger partial charge on any atom is 0.291 e. The molecule has 8 heteroatoms. The lowest BCUT2D eigenvalue weighted by Crippen LogP contribution is -2.32. The lowest BCUT2D eigenvalue weighted by Gasteiger charge is -2.19. The molecule has 0 radical (unpaired) electrons. The number of fused-ring (bicyclic) bond motifs is 1. The number of nitrogens with one attached hydrogen (secondary N) is 1. The lowest BCUT2D eigenvalue weighted by molar-refractivity contribution is 0.0922. The standard InChI is InChI=1S/C17H15N7O/c25-16(15-21-17-19-7-4-9-24(17)22-15)20-14(11-23-10-8-18-12-23)13-5-2-1-3-6-13/h1-10,12,14H,11H2,(H,20,25)/t14-/m0/s1. The molecular formula is C17H15N7O. The van der Waals surface area contributed by atoms with Crippen LogP contribution in [-0.2, 0) is 6.54 Å². The van der Waals surface area contributed by atoms with E-state index in [1.807, 2.05) is 41.1 Å². The van der Waals surface area contributed by atoms with Crippen molar-refractivity contribution >= 4 is 11.7 Å². The van der Waals surface area contributed by atoms with Gasteiger partial charge in [0.15, 0.2) is 0 Å². The Balaban J connectivity index is 1.60. The monoisotopic (exact) mass is 333 g/mol. The van der Waals surface area contributed by atoms with Crippen LogP contribution in [0.1, 0.15) is 22.2 Å². The summed E-state index contributed by atoms with van der Waals surface area (Å²) in [5, 5.41) is 7.16. The number of rotatable bonds is 5. The van der Waals surface area contributed by atoms with Crippen LogP contribution >= 0.6 is 0 Å². The third kappa shape index (κ3) is 3.23. The van der Waals surface area contributed by atoms with Gasteiger partial charge in [-0.15, -0.1) is 5.10 Å². The molecule has 0 aliphatic heterocycles. The van der Waals surface area contributed by atoms with Gasteiger partial charge in [0.05, 0.1) is 12.4 Å². The average Bonchev–Trinajstić information content (AvgIpc) is 3.31. The Morgan fingerprint density at radius 1 is 1.12 bits per heavy atom. The maximum absolute atomic E-state index is 12.6. The summed E-state index contributed by atoms with van der Waals surface area (Å²) in [7, 11) is 0. The minimum Gasteiger partial charge on any atom is -0.341 e. The van der Waals surface area contributed by atoms with Gasteiger partial charge in [-0.25, -0.2) is 14.5 Å². The van der Waals surface area contributed by atoms with Crippen molar-refractivity contribution in [3.8, 4) is 0 Å². The number of hydrogen-bond acceptors (Lipinski definition) is 5. The molecule has 4 aromatic rings. The van der Waals surface area contributed by atoms with E-state index in [-0.39, 0.29) is 17.8 Å². The van der Waals surface area contributed by atoms with Crippen molar-refractivity contribution in [2.24, 2.45) is 0 Å². The second-order valence-electron chi connectivity index (χ2n) is 5.50. The van der Waals surface area contributed by atoms with Gasteiger partial charge in [0.25, 0.3) is 11.7 Å². The highest BCUT2D eigenvalue weighted by Crippen LogP contribution is 2.15. The highest BCUT2D eigenvalue weighted by Gasteiger charge is 2.19. The van der Waals surface area contributed by atoms with Gasteiger partial charge in [-0.05, 0) is 11.6 Å². The van der Waals surface area contributed by atoms with E-state index in [4.69, 9.17) is 0 Å². The topological polar surface area (TPSA) is 90.0 Å². The van der Waals surface area contributed by atoms with Gasteiger partial charge in [-0.1, -0.05) is 30.3 Å². The van der Waals surface area contributed by atoms with Crippen LogP contribution in [-0.4, -0.2) is 35.0 Å². The molecular weight excluding hydrogens is 318 g/mol. The van der Waals surface area contributed by atoms with Crippen LogP contribution in [0.3, 0.4) is 0 Å². The Labute approximate surface area is 143 Å². The number of amides is 1. The van der Waals surface area contributed by atoms with Gasteiger partial charge in [0, 0.05) is 31.3 Å². The van der Waals surface area contributed by atoms with Gasteiger partial charge in [-0.3, -0.25) is 4.79 Å². The molecule has 0 fully saturated rings. The summed E-state index contributed by atoms with van der Waals surface area (Å²) in [5.41, 5.74) is 0.992. The molecule has 0 unspecified atom stereocenters. The molecule has 0 saturated heterocycles. The van der Waals surface area contributed by atoms with E-state index in [2.05, 4.69) is 25.4 Å². The van der Waals surface area contributed by atoms with Crippen LogP contribution in [0.25, 0.3) is 5.78 Å². The molecule has 0 saturated carbocycles.